The highest BCUT2D eigenvalue weighted by molar-refractivity contribution is 6.18. The zero-order chi connectivity index (χ0) is 21.3. The summed E-state index contributed by atoms with van der Waals surface area (Å²) in [5, 5.41) is 16.3. The summed E-state index contributed by atoms with van der Waals surface area (Å²) in [5.41, 5.74) is 0.592. The number of aromatic nitrogens is 4. The predicted molar refractivity (Wildman–Crippen MR) is 116 cm³/mol. The van der Waals surface area contributed by atoms with Crippen LogP contribution >= 0.6 is 24.0 Å². The zero-order valence-corrected chi connectivity index (χ0v) is 17.9. The van der Waals surface area contributed by atoms with E-state index in [0.717, 1.165) is 12.6 Å². The Bertz CT molecular complexity index is 1140. The molecule has 0 aromatic carbocycles. The van der Waals surface area contributed by atoms with Crippen LogP contribution in [0.25, 0.3) is 5.65 Å². The van der Waals surface area contributed by atoms with Gasteiger partial charge in [0.25, 0.3) is 11.5 Å². The van der Waals surface area contributed by atoms with Crippen LogP contribution in [0.5, 0.6) is 0 Å². The Morgan fingerprint density at radius 3 is 3.06 bits per heavy atom. The molecule has 4 heterocycles. The van der Waals surface area contributed by atoms with Crippen LogP contribution in [0.15, 0.2) is 35.5 Å². The van der Waals surface area contributed by atoms with E-state index in [9.17, 15) is 19.1 Å². The van der Waals surface area contributed by atoms with Crippen LogP contribution in [0.4, 0.5) is 10.2 Å². The third-order valence-electron chi connectivity index (χ3n) is 5.08. The van der Waals surface area contributed by atoms with Crippen molar-refractivity contribution in [3.8, 4) is 0 Å². The van der Waals surface area contributed by atoms with E-state index < -0.39 is 17.8 Å². The monoisotopic (exact) mass is 470 g/mol. The SMILES string of the molecule is Cl.O=C(NCC(O)CCl)c1cnn2ccc(N3CCC[C@@H]3c3cc(F)c[nH]c3=O)nc12. The number of hydrogen-bond donors (Lipinski definition) is 3. The van der Waals surface area contributed by atoms with Crippen molar-refractivity contribution in [1.29, 1.82) is 0 Å². The number of aliphatic hydroxyl groups is 1. The Morgan fingerprint density at radius 1 is 1.48 bits per heavy atom. The zero-order valence-electron chi connectivity index (χ0n) is 16.3. The van der Waals surface area contributed by atoms with E-state index in [-0.39, 0.29) is 42.0 Å². The molecule has 0 aliphatic carbocycles. The third-order valence-corrected chi connectivity index (χ3v) is 5.43. The number of anilines is 1. The number of carbonyl (C=O) groups is 1. The number of pyridine rings is 1. The number of carbonyl (C=O) groups excluding carboxylic acids is 1. The molecule has 4 rings (SSSR count). The van der Waals surface area contributed by atoms with Gasteiger partial charge in [0.05, 0.1) is 24.2 Å². The summed E-state index contributed by atoms with van der Waals surface area (Å²) >= 11 is 5.55. The molecule has 0 spiro atoms. The first-order valence-corrected chi connectivity index (χ1v) is 10.0. The largest absolute Gasteiger partial charge is 0.390 e. The highest BCUT2D eigenvalue weighted by atomic mass is 35.5. The number of aliphatic hydroxyl groups excluding tert-OH is 1. The molecule has 1 unspecified atom stereocenters. The van der Waals surface area contributed by atoms with Gasteiger partial charge in [-0.2, -0.15) is 5.10 Å². The summed E-state index contributed by atoms with van der Waals surface area (Å²) in [6.07, 6.45) is 4.75. The van der Waals surface area contributed by atoms with Crippen molar-refractivity contribution in [3.63, 3.8) is 0 Å². The smallest absolute Gasteiger partial charge is 0.256 e. The van der Waals surface area contributed by atoms with Gasteiger partial charge >= 0.3 is 0 Å². The average Bonchev–Trinajstić information content (AvgIpc) is 3.40. The summed E-state index contributed by atoms with van der Waals surface area (Å²) in [5.74, 6) is -0.372. The lowest BCUT2D eigenvalue weighted by molar-refractivity contribution is 0.0927. The summed E-state index contributed by atoms with van der Waals surface area (Å²) in [6, 6.07) is 2.67. The molecular weight excluding hydrogens is 450 g/mol. The fourth-order valence-electron chi connectivity index (χ4n) is 3.63. The van der Waals surface area contributed by atoms with Crippen LogP contribution < -0.4 is 15.8 Å². The molecule has 1 fully saturated rings. The molecule has 3 aromatic rings. The highest BCUT2D eigenvalue weighted by Crippen LogP contribution is 2.34. The molecule has 3 N–H and O–H groups in total. The van der Waals surface area contributed by atoms with Gasteiger partial charge in [-0.05, 0) is 25.0 Å². The Labute approximate surface area is 187 Å². The molecule has 3 aromatic heterocycles. The standard InChI is InChI=1S/C19H20ClFN6O3.ClH/c20-7-12(28)9-23-19(30)14-10-24-27-5-3-16(25-17(14)27)26-4-1-2-15(26)13-6-11(21)8-22-18(13)29;/h3,5-6,8,10,12,15,28H,1-2,4,7,9H2,(H,22,29)(H,23,30);1H/t12?,15-;/m1./s1. The van der Waals surface area contributed by atoms with Gasteiger partial charge in [0.1, 0.15) is 17.2 Å². The molecule has 1 amide bonds. The molecule has 9 nitrogen and oxygen atoms in total. The van der Waals surface area contributed by atoms with Crippen molar-refractivity contribution in [2.45, 2.75) is 25.0 Å². The van der Waals surface area contributed by atoms with Crippen LogP contribution in [0, 0.1) is 5.82 Å². The molecule has 0 radical (unpaired) electrons. The second kappa shape index (κ2) is 9.63. The second-order valence-corrected chi connectivity index (χ2v) is 7.39. The van der Waals surface area contributed by atoms with E-state index in [2.05, 4.69) is 20.4 Å². The van der Waals surface area contributed by atoms with Crippen LogP contribution in [0.3, 0.4) is 0 Å². The van der Waals surface area contributed by atoms with Crippen molar-refractivity contribution in [1.82, 2.24) is 24.9 Å². The van der Waals surface area contributed by atoms with E-state index in [1.807, 2.05) is 4.90 Å². The van der Waals surface area contributed by atoms with Gasteiger partial charge in [0.2, 0.25) is 0 Å². The fourth-order valence-corrected chi connectivity index (χ4v) is 3.73. The lowest BCUT2D eigenvalue weighted by atomic mass is 10.1. The first-order chi connectivity index (χ1) is 14.5. The number of fused-ring (bicyclic) bond motifs is 1. The minimum absolute atomic E-state index is 0. The molecule has 0 saturated carbocycles. The first kappa shape index (κ1) is 23.0. The predicted octanol–water partition coefficient (Wildman–Crippen LogP) is 1.65. The molecule has 0 bridgehead atoms. The van der Waals surface area contributed by atoms with Gasteiger partial charge in [-0.1, -0.05) is 0 Å². The number of rotatable bonds is 6. The first-order valence-electron chi connectivity index (χ1n) is 9.49. The molecule has 12 heteroatoms. The Morgan fingerprint density at radius 2 is 2.29 bits per heavy atom. The third kappa shape index (κ3) is 4.65. The number of H-pyrrole nitrogens is 1. The minimum Gasteiger partial charge on any atom is -0.390 e. The molecular formula is C19H21Cl2FN6O3. The topological polar surface area (TPSA) is 116 Å². The van der Waals surface area contributed by atoms with Crippen LogP contribution in [-0.2, 0) is 0 Å². The van der Waals surface area contributed by atoms with E-state index in [4.69, 9.17) is 11.6 Å². The Hall–Kier alpha value is -2.69. The average molecular weight is 471 g/mol. The van der Waals surface area contributed by atoms with E-state index in [1.165, 1.54) is 16.8 Å². The van der Waals surface area contributed by atoms with Crippen LogP contribution in [0.1, 0.15) is 34.8 Å². The normalized spacial score (nSPS) is 16.9. The molecule has 1 aliphatic rings. The lowest BCUT2D eigenvalue weighted by Crippen LogP contribution is -2.33. The Kier molecular flexibility index (Phi) is 7.14. The molecule has 31 heavy (non-hydrogen) atoms. The van der Waals surface area contributed by atoms with Gasteiger partial charge in [-0.25, -0.2) is 13.9 Å². The molecule has 166 valence electrons. The molecule has 2 atom stereocenters. The fraction of sp³-hybridized carbons (Fsp3) is 0.368. The number of alkyl halides is 1. The number of hydrogen-bond acceptors (Lipinski definition) is 6. The number of halogens is 3. The van der Waals surface area contributed by atoms with Crippen LogP contribution in [0.2, 0.25) is 0 Å². The molecule has 1 saturated heterocycles. The van der Waals surface area contributed by atoms with E-state index >= 15 is 0 Å². The second-order valence-electron chi connectivity index (χ2n) is 7.08. The van der Waals surface area contributed by atoms with E-state index in [0.29, 0.717) is 30.0 Å². The Balaban J connectivity index is 0.00000272. The summed E-state index contributed by atoms with van der Waals surface area (Å²) in [4.78, 5) is 33.6. The van der Waals surface area contributed by atoms with Gasteiger partial charge in [0, 0.05) is 31.0 Å². The van der Waals surface area contributed by atoms with Gasteiger partial charge in [-0.3, -0.25) is 9.59 Å². The lowest BCUT2D eigenvalue weighted by Gasteiger charge is -2.25. The number of amides is 1. The van der Waals surface area contributed by atoms with Crippen molar-refractivity contribution >= 4 is 41.4 Å². The maximum Gasteiger partial charge on any atom is 0.256 e. The van der Waals surface area contributed by atoms with Crippen molar-refractivity contribution < 1.29 is 14.3 Å². The summed E-state index contributed by atoms with van der Waals surface area (Å²) < 4.78 is 15.2. The van der Waals surface area contributed by atoms with Crippen molar-refractivity contribution in [2.75, 3.05) is 23.9 Å². The summed E-state index contributed by atoms with van der Waals surface area (Å²) in [7, 11) is 0. The van der Waals surface area contributed by atoms with E-state index in [1.54, 1.807) is 12.3 Å². The summed E-state index contributed by atoms with van der Waals surface area (Å²) in [6.45, 7) is 0.650. The molecule has 1 aliphatic heterocycles. The number of nitrogens with zero attached hydrogens (tertiary/aromatic N) is 4. The van der Waals surface area contributed by atoms with Gasteiger partial charge in [0.15, 0.2) is 5.65 Å². The van der Waals surface area contributed by atoms with Crippen molar-refractivity contribution in [3.05, 3.63) is 58.0 Å². The number of nitrogens with one attached hydrogen (secondary N) is 2. The maximum absolute atomic E-state index is 13.7. The quantitative estimate of drug-likeness (QED) is 0.471. The van der Waals surface area contributed by atoms with Crippen LogP contribution in [-0.4, -0.2) is 55.7 Å². The number of aromatic amines is 1. The maximum atomic E-state index is 13.7. The van der Waals surface area contributed by atoms with Gasteiger partial charge < -0.3 is 20.3 Å². The highest BCUT2D eigenvalue weighted by Gasteiger charge is 2.30. The minimum atomic E-state index is -0.851. The van der Waals surface area contributed by atoms with Crippen molar-refractivity contribution in [2.24, 2.45) is 0 Å². The van der Waals surface area contributed by atoms with Gasteiger partial charge in [-0.15, -0.1) is 24.0 Å².